The summed E-state index contributed by atoms with van der Waals surface area (Å²) >= 11 is -0.627. The van der Waals surface area contributed by atoms with Gasteiger partial charge in [-0.05, 0) is 0 Å². The van der Waals surface area contributed by atoms with Gasteiger partial charge in [0.2, 0.25) is 0 Å². The molecule has 2 nitrogen and oxygen atoms in total. The molecule has 0 spiro atoms. The van der Waals surface area contributed by atoms with Gasteiger partial charge in [-0.25, -0.2) is 0 Å². The Hall–Kier alpha value is 1.52. The molecule has 0 bridgehead atoms. The first-order chi connectivity index (χ1) is 3.77. The number of hydrogen-bond donors (Lipinski definition) is 0. The summed E-state index contributed by atoms with van der Waals surface area (Å²) < 4.78 is 10.4. The van der Waals surface area contributed by atoms with E-state index in [0.29, 0.717) is 28.9 Å². The van der Waals surface area contributed by atoms with Gasteiger partial charge < -0.3 is 0 Å². The van der Waals surface area contributed by atoms with E-state index in [4.69, 9.17) is 4.49 Å². The summed E-state index contributed by atoms with van der Waals surface area (Å²) in [7, 11) is 0. The van der Waals surface area contributed by atoms with Crippen molar-refractivity contribution in [1.29, 1.82) is 0 Å². The predicted molar refractivity (Wildman–Crippen MR) is 40.4 cm³/mol. The summed E-state index contributed by atoms with van der Waals surface area (Å²) in [6, 6.07) is 0. The number of hydrogen-bond acceptors (Lipinski definition) is 2. The van der Waals surface area contributed by atoms with E-state index in [2.05, 4.69) is 13.8 Å². The second-order valence-electron chi connectivity index (χ2n) is 2.17. The second kappa shape index (κ2) is 6.63. The van der Waals surface area contributed by atoms with Crippen molar-refractivity contribution in [1.82, 2.24) is 0 Å². The van der Waals surface area contributed by atoms with Gasteiger partial charge in [-0.15, -0.1) is 0 Å². The molecule has 0 amide bonds. The zero-order valence-electron chi connectivity index (χ0n) is 5.81. The Morgan fingerprint density at radius 1 is 1.62 bits per heavy atom. The monoisotopic (exact) mass is 334 g/mol. The van der Waals surface area contributed by atoms with Gasteiger partial charge in [0.05, 0.1) is 0 Å². The average molecular weight is 332 g/mol. The van der Waals surface area contributed by atoms with Crippen LogP contribution >= 0.6 is 0 Å². The van der Waals surface area contributed by atoms with Crippen LogP contribution in [0.1, 0.15) is 13.8 Å². The Morgan fingerprint density at radius 3 is 2.62 bits per heavy atom. The molecule has 4 heteroatoms. The van der Waals surface area contributed by atoms with Crippen LogP contribution in [0.25, 0.3) is 0 Å². The van der Waals surface area contributed by atoms with Gasteiger partial charge >= 0.3 is 75.8 Å². The van der Waals surface area contributed by atoms with Gasteiger partial charge in [-0.2, -0.15) is 0 Å². The minimum atomic E-state index is -1.06. The van der Waals surface area contributed by atoms with Crippen LogP contribution in [0.5, 0.6) is 0 Å². The van der Waals surface area contributed by atoms with Crippen LogP contribution in [-0.4, -0.2) is 51.5 Å². The van der Waals surface area contributed by atoms with E-state index in [9.17, 15) is 0 Å². The Kier molecular flexibility index (Phi) is 7.89. The third-order valence-electron chi connectivity index (χ3n) is 0.652. The summed E-state index contributed by atoms with van der Waals surface area (Å²) in [6.45, 7) is 5.23. The van der Waals surface area contributed by atoms with E-state index in [1.54, 1.807) is 0 Å². The van der Waals surface area contributed by atoms with Crippen LogP contribution in [0.15, 0.2) is 0 Å². The maximum absolute atomic E-state index is 5.28. The molecule has 0 aromatic heterocycles. The SMILES string of the molecule is CC(C)C[O][SnH2][O][SnH3]. The fourth-order valence-electron chi connectivity index (χ4n) is 0.367. The molecule has 0 heterocycles. The first kappa shape index (κ1) is 9.52. The van der Waals surface area contributed by atoms with Crippen LogP contribution in [0.3, 0.4) is 0 Å². The molecule has 0 saturated heterocycles. The Labute approximate surface area is 75.3 Å². The summed E-state index contributed by atoms with van der Waals surface area (Å²) in [6.07, 6.45) is 0. The Bertz CT molecular complexity index is 49.3. The zero-order valence-corrected chi connectivity index (χ0v) is 15.6. The van der Waals surface area contributed by atoms with Crippen LogP contribution in [0.4, 0.5) is 0 Å². The molecule has 0 aliphatic rings. The first-order valence-corrected chi connectivity index (χ1v) is 8.46. The van der Waals surface area contributed by atoms with E-state index in [0.717, 1.165) is 6.61 Å². The molecule has 0 radical (unpaired) electrons. The van der Waals surface area contributed by atoms with Crippen molar-refractivity contribution >= 4 is 44.9 Å². The van der Waals surface area contributed by atoms with Crippen LogP contribution in [-0.2, 0) is 4.49 Å². The molecule has 0 fully saturated rings. The summed E-state index contributed by atoms with van der Waals surface area (Å²) in [5.74, 6) is 0.678. The normalized spacial score (nSPS) is 12.4. The van der Waals surface area contributed by atoms with E-state index in [1.807, 2.05) is 0 Å². The topological polar surface area (TPSA) is 18.5 Å². The van der Waals surface area contributed by atoms with Crippen molar-refractivity contribution in [3.05, 3.63) is 0 Å². The van der Waals surface area contributed by atoms with Crippen LogP contribution < -0.4 is 0 Å². The predicted octanol–water partition coefficient (Wildman–Crippen LogP) is -1.05. The molecular weight excluding hydrogens is 317 g/mol. The van der Waals surface area contributed by atoms with Crippen LogP contribution in [0, 0.1) is 5.92 Å². The zero-order chi connectivity index (χ0) is 6.41. The third-order valence-corrected chi connectivity index (χ3v) is 6.99. The standard InChI is InChI=1S/C4H9O.O.2Sn.5H/c1-4(2)3-5;;;;;;;;/h4H,3H2,1-2H3;;;;;;;;/q-1;;;+1;;;;;. The molecule has 0 unspecified atom stereocenters. The van der Waals surface area contributed by atoms with Crippen molar-refractivity contribution in [2.24, 2.45) is 5.92 Å². The van der Waals surface area contributed by atoms with Crippen molar-refractivity contribution in [3.8, 4) is 0 Å². The first-order valence-electron chi connectivity index (χ1n) is 2.84. The van der Waals surface area contributed by atoms with Gasteiger partial charge in [0, 0.05) is 0 Å². The molecule has 0 N–H and O–H groups in total. The molecular formula is C4H14O2Sn2. The molecule has 50 valence electrons. The molecule has 8 heavy (non-hydrogen) atoms. The molecule has 0 rings (SSSR count). The van der Waals surface area contributed by atoms with E-state index < -0.39 is 22.0 Å². The summed E-state index contributed by atoms with van der Waals surface area (Å²) in [5, 5.41) is 0. The molecule has 0 atom stereocenters. The van der Waals surface area contributed by atoms with Crippen molar-refractivity contribution in [2.45, 2.75) is 13.8 Å². The summed E-state index contributed by atoms with van der Waals surface area (Å²) in [5.41, 5.74) is 0. The quantitative estimate of drug-likeness (QED) is 0.484. The third kappa shape index (κ3) is 7.52. The van der Waals surface area contributed by atoms with Gasteiger partial charge in [0.1, 0.15) is 0 Å². The Morgan fingerprint density at radius 2 is 2.25 bits per heavy atom. The molecule has 0 aromatic rings. The van der Waals surface area contributed by atoms with Gasteiger partial charge in [-0.3, -0.25) is 0 Å². The second-order valence-corrected chi connectivity index (χ2v) is 16.7. The average Bonchev–Trinajstić information content (AvgIpc) is 1.66. The van der Waals surface area contributed by atoms with E-state index >= 15 is 0 Å². The fourth-order valence-corrected chi connectivity index (χ4v) is 5.65. The molecule has 0 aliphatic carbocycles. The van der Waals surface area contributed by atoms with Crippen molar-refractivity contribution in [2.75, 3.05) is 6.61 Å². The molecule has 0 aliphatic heterocycles. The van der Waals surface area contributed by atoms with E-state index in [1.165, 1.54) is 0 Å². The van der Waals surface area contributed by atoms with Crippen molar-refractivity contribution < 1.29 is 4.49 Å². The maximum atomic E-state index is 5.28. The van der Waals surface area contributed by atoms with Crippen LogP contribution in [0.2, 0.25) is 0 Å². The molecule has 0 saturated carbocycles. The summed E-state index contributed by atoms with van der Waals surface area (Å²) in [4.78, 5) is 0. The van der Waals surface area contributed by atoms with Gasteiger partial charge in [0.25, 0.3) is 0 Å². The molecule has 0 aromatic carbocycles. The number of rotatable bonds is 4. The van der Waals surface area contributed by atoms with Crippen molar-refractivity contribution in [3.63, 3.8) is 0 Å². The van der Waals surface area contributed by atoms with Gasteiger partial charge in [0.15, 0.2) is 0 Å². The van der Waals surface area contributed by atoms with Gasteiger partial charge in [-0.1, -0.05) is 0 Å². The Balaban J connectivity index is 2.72. The fraction of sp³-hybridized carbons (Fsp3) is 1.00. The van der Waals surface area contributed by atoms with E-state index in [-0.39, 0.29) is 0 Å². The minimum absolute atomic E-state index is 0.432.